The number of morpholine rings is 1. The molecule has 0 N–H and O–H groups in total. The molecule has 2 heterocycles. The number of ketones is 1. The summed E-state index contributed by atoms with van der Waals surface area (Å²) in [5, 5.41) is 9.50. The Morgan fingerprint density at radius 2 is 1.94 bits per heavy atom. The van der Waals surface area contributed by atoms with Gasteiger partial charge in [-0.25, -0.2) is 8.42 Å². The molecule has 0 spiro atoms. The van der Waals surface area contributed by atoms with Crippen LogP contribution in [0.4, 0.5) is 0 Å². The highest BCUT2D eigenvalue weighted by atomic mass is 32.2. The fourth-order valence-corrected chi connectivity index (χ4v) is 6.85. The van der Waals surface area contributed by atoms with Crippen molar-refractivity contribution >= 4 is 27.6 Å². The lowest BCUT2D eigenvalue weighted by Crippen LogP contribution is -2.40. The molecule has 1 aromatic heterocycles. The lowest BCUT2D eigenvalue weighted by atomic mass is 10.2. The molecule has 180 valence electrons. The minimum Gasteiger partial charge on any atom is -0.379 e. The molecule has 0 radical (unpaired) electrons. The number of hydrogen-bond donors (Lipinski definition) is 0. The maximum absolute atomic E-state index is 13.2. The third-order valence-electron chi connectivity index (χ3n) is 5.96. The normalized spacial score (nSPS) is 20.8. The summed E-state index contributed by atoms with van der Waals surface area (Å²) in [6.07, 6.45) is 4.60. The Hall–Kier alpha value is -1.75. The molecule has 2 fully saturated rings. The summed E-state index contributed by atoms with van der Waals surface area (Å²) in [7, 11) is -3.61. The minimum atomic E-state index is -3.61. The second-order valence-corrected chi connectivity index (χ2v) is 12.1. The Morgan fingerprint density at radius 3 is 2.70 bits per heavy atom. The van der Waals surface area contributed by atoms with Gasteiger partial charge in [-0.1, -0.05) is 50.6 Å². The van der Waals surface area contributed by atoms with E-state index in [0.29, 0.717) is 56.6 Å². The topological polar surface area (TPSA) is 94.4 Å². The first-order chi connectivity index (χ1) is 15.9. The average Bonchev–Trinajstić information content (AvgIpc) is 3.07. The molecule has 0 bridgehead atoms. The Bertz CT molecular complexity index is 1080. The van der Waals surface area contributed by atoms with Gasteiger partial charge >= 0.3 is 0 Å². The molecular formula is C23H32N4O4S2. The van der Waals surface area contributed by atoms with Crippen LogP contribution < -0.4 is 0 Å². The van der Waals surface area contributed by atoms with Crippen molar-refractivity contribution < 1.29 is 17.9 Å². The van der Waals surface area contributed by atoms with Gasteiger partial charge in [-0.15, -0.1) is 10.2 Å². The zero-order valence-corrected chi connectivity index (χ0v) is 20.9. The van der Waals surface area contributed by atoms with Crippen molar-refractivity contribution in [2.75, 3.05) is 26.3 Å². The van der Waals surface area contributed by atoms with Crippen molar-refractivity contribution in [3.63, 3.8) is 0 Å². The summed E-state index contributed by atoms with van der Waals surface area (Å²) in [5.41, 5.74) is 0.705. The predicted molar refractivity (Wildman–Crippen MR) is 128 cm³/mol. The number of aromatic nitrogens is 3. The van der Waals surface area contributed by atoms with E-state index in [9.17, 15) is 13.2 Å². The molecule has 33 heavy (non-hydrogen) atoms. The first-order valence-corrected chi connectivity index (χ1v) is 14.0. The summed E-state index contributed by atoms with van der Waals surface area (Å²) in [6, 6.07) is 6.91. The van der Waals surface area contributed by atoms with Crippen LogP contribution >= 0.6 is 11.8 Å². The van der Waals surface area contributed by atoms with E-state index in [1.807, 2.05) is 10.6 Å². The highest BCUT2D eigenvalue weighted by Crippen LogP contribution is 2.33. The van der Waals surface area contributed by atoms with Crippen LogP contribution in [0.5, 0.6) is 0 Å². The summed E-state index contributed by atoms with van der Waals surface area (Å²) in [4.78, 5) is 12.8. The van der Waals surface area contributed by atoms with E-state index in [-0.39, 0.29) is 15.9 Å². The third kappa shape index (κ3) is 5.67. The minimum absolute atomic E-state index is 0.0940. The molecule has 1 aromatic carbocycles. The molecule has 8 nitrogen and oxygen atoms in total. The number of benzene rings is 1. The van der Waals surface area contributed by atoms with Gasteiger partial charge in [-0.05, 0) is 30.9 Å². The molecule has 1 aliphatic carbocycles. The van der Waals surface area contributed by atoms with Crippen LogP contribution in [0.25, 0.3) is 11.4 Å². The molecule has 1 saturated carbocycles. The van der Waals surface area contributed by atoms with Crippen LogP contribution in [0.3, 0.4) is 0 Å². The number of carbonyl (C=O) groups is 1. The Kier molecular flexibility index (Phi) is 7.88. The largest absolute Gasteiger partial charge is 0.379 e. The number of nitrogens with zero attached hydrogens (tertiary/aromatic N) is 4. The first-order valence-electron chi connectivity index (χ1n) is 11.7. The molecule has 10 heteroatoms. The van der Waals surface area contributed by atoms with Gasteiger partial charge in [0.25, 0.3) is 0 Å². The second-order valence-electron chi connectivity index (χ2n) is 9.03. The van der Waals surface area contributed by atoms with E-state index in [1.165, 1.54) is 16.1 Å². The van der Waals surface area contributed by atoms with Crippen molar-refractivity contribution in [2.24, 2.45) is 5.92 Å². The summed E-state index contributed by atoms with van der Waals surface area (Å²) in [5.74, 6) is 1.26. The molecular weight excluding hydrogens is 460 g/mol. The SMILES string of the molecule is CC(C)Cn1c(SC2CCCCCC2=O)nnc1-c1cccc(S(=O)(=O)N2CCOCC2)c1. The maximum Gasteiger partial charge on any atom is 0.243 e. The van der Waals surface area contributed by atoms with Gasteiger partial charge in [-0.3, -0.25) is 4.79 Å². The Morgan fingerprint density at radius 1 is 1.15 bits per heavy atom. The zero-order valence-electron chi connectivity index (χ0n) is 19.3. The van der Waals surface area contributed by atoms with E-state index in [0.717, 1.165) is 30.8 Å². The predicted octanol–water partition coefficient (Wildman–Crippen LogP) is 3.62. The molecule has 0 amide bonds. The van der Waals surface area contributed by atoms with Crippen LogP contribution in [0.1, 0.15) is 46.0 Å². The van der Waals surface area contributed by atoms with E-state index in [2.05, 4.69) is 24.0 Å². The molecule has 2 aliphatic rings. The Balaban J connectivity index is 1.66. The van der Waals surface area contributed by atoms with Crippen LogP contribution in [0.15, 0.2) is 34.3 Å². The van der Waals surface area contributed by atoms with E-state index >= 15 is 0 Å². The number of sulfonamides is 1. The summed E-state index contributed by atoms with van der Waals surface area (Å²) >= 11 is 1.50. The number of thioether (sulfide) groups is 1. The zero-order chi connectivity index (χ0) is 23.4. The fraction of sp³-hybridized carbons (Fsp3) is 0.609. The van der Waals surface area contributed by atoms with Gasteiger partial charge < -0.3 is 9.30 Å². The van der Waals surface area contributed by atoms with Gasteiger partial charge in [-0.2, -0.15) is 4.31 Å². The van der Waals surface area contributed by atoms with E-state index in [4.69, 9.17) is 4.74 Å². The molecule has 1 atom stereocenters. The molecule has 1 unspecified atom stereocenters. The van der Waals surface area contributed by atoms with Crippen molar-refractivity contribution in [3.05, 3.63) is 24.3 Å². The van der Waals surface area contributed by atoms with Crippen LogP contribution in [-0.4, -0.2) is 64.8 Å². The lowest BCUT2D eigenvalue weighted by molar-refractivity contribution is -0.118. The number of carbonyl (C=O) groups excluding carboxylic acids is 1. The summed E-state index contributed by atoms with van der Waals surface area (Å²) in [6.45, 7) is 6.44. The van der Waals surface area contributed by atoms with E-state index in [1.54, 1.807) is 18.2 Å². The fourth-order valence-electron chi connectivity index (χ4n) is 4.23. The first kappa shape index (κ1) is 24.4. The van der Waals surface area contributed by atoms with Crippen molar-refractivity contribution in [3.8, 4) is 11.4 Å². The molecule has 1 aliphatic heterocycles. The quantitative estimate of drug-likeness (QED) is 0.545. The number of rotatable bonds is 7. The smallest absolute Gasteiger partial charge is 0.243 e. The van der Waals surface area contributed by atoms with Crippen LogP contribution in [0.2, 0.25) is 0 Å². The average molecular weight is 493 g/mol. The highest BCUT2D eigenvalue weighted by molar-refractivity contribution is 8.00. The van der Waals surface area contributed by atoms with Gasteiger partial charge in [0.15, 0.2) is 11.0 Å². The van der Waals surface area contributed by atoms with Gasteiger partial charge in [0.2, 0.25) is 10.0 Å². The van der Waals surface area contributed by atoms with Gasteiger partial charge in [0.1, 0.15) is 5.78 Å². The summed E-state index contributed by atoms with van der Waals surface area (Å²) < 4.78 is 35.1. The monoisotopic (exact) mass is 492 g/mol. The Labute approximate surface area is 200 Å². The maximum atomic E-state index is 13.2. The van der Waals surface area contributed by atoms with Crippen molar-refractivity contribution in [1.82, 2.24) is 19.1 Å². The van der Waals surface area contributed by atoms with Gasteiger partial charge in [0, 0.05) is 31.6 Å². The molecule has 2 aromatic rings. The number of ether oxygens (including phenoxy) is 1. The lowest BCUT2D eigenvalue weighted by Gasteiger charge is -2.26. The standard InChI is InChI=1S/C23H32N4O4S2/c1-17(2)16-27-22(24-25-23(27)32-21-10-5-3-4-9-20(21)28)18-7-6-8-19(15-18)33(29,30)26-11-13-31-14-12-26/h6-8,15,17,21H,3-5,9-14,16H2,1-2H3. The van der Waals surface area contributed by atoms with Gasteiger partial charge in [0.05, 0.1) is 23.4 Å². The van der Waals surface area contributed by atoms with Crippen molar-refractivity contribution in [2.45, 2.75) is 67.8 Å². The highest BCUT2D eigenvalue weighted by Gasteiger charge is 2.28. The number of hydrogen-bond acceptors (Lipinski definition) is 7. The molecule has 1 saturated heterocycles. The third-order valence-corrected chi connectivity index (χ3v) is 9.15. The van der Waals surface area contributed by atoms with Crippen LogP contribution in [0, 0.1) is 5.92 Å². The second kappa shape index (κ2) is 10.7. The number of Topliss-reactive ketones (excluding diaryl/α,β-unsaturated/α-hetero) is 1. The van der Waals surface area contributed by atoms with Crippen molar-refractivity contribution in [1.29, 1.82) is 0 Å². The molecule has 4 rings (SSSR count). The van der Waals surface area contributed by atoms with Crippen LogP contribution in [-0.2, 0) is 26.1 Å². The van der Waals surface area contributed by atoms with E-state index < -0.39 is 10.0 Å².